The molecular weight excluding hydrogens is 469 g/mol. The summed E-state index contributed by atoms with van der Waals surface area (Å²) >= 11 is 0. The molecule has 0 amide bonds. The number of piperidine rings is 1. The predicted octanol–water partition coefficient (Wildman–Crippen LogP) is 4.19. The molecule has 2 aliphatic rings. The van der Waals surface area contributed by atoms with Crippen LogP contribution in [0.2, 0.25) is 0 Å². The normalized spacial score (nSPS) is 22.6. The molecule has 0 saturated carbocycles. The Morgan fingerprint density at radius 1 is 1.11 bits per heavy atom. The zero-order chi connectivity index (χ0) is 24.9. The van der Waals surface area contributed by atoms with E-state index in [1.165, 1.54) is 43.9 Å². The highest BCUT2D eigenvalue weighted by atomic mass is 19.4. The van der Waals surface area contributed by atoms with E-state index in [4.69, 9.17) is 0 Å². The van der Waals surface area contributed by atoms with Crippen molar-refractivity contribution in [2.24, 2.45) is 5.92 Å². The Morgan fingerprint density at radius 2 is 1.92 bits per heavy atom. The van der Waals surface area contributed by atoms with Crippen LogP contribution in [0.15, 0.2) is 37.2 Å². The number of pyridine rings is 1. The summed E-state index contributed by atoms with van der Waals surface area (Å²) in [6, 6.07) is 5.46. The molecule has 0 spiro atoms. The van der Waals surface area contributed by atoms with Crippen LogP contribution < -0.4 is 4.90 Å². The number of rotatable bonds is 7. The third-order valence-electron chi connectivity index (χ3n) is 7.75. The summed E-state index contributed by atoms with van der Waals surface area (Å²) in [5.74, 6) is 1.23. The monoisotopic (exact) mass is 498 g/mol. The summed E-state index contributed by atoms with van der Waals surface area (Å²) in [5.41, 5.74) is 2.85. The van der Waals surface area contributed by atoms with E-state index < -0.39 is 12.7 Å². The Kier molecular flexibility index (Phi) is 5.82. The smallest absolute Gasteiger partial charge is 0.356 e. The highest BCUT2D eigenvalue weighted by Crippen LogP contribution is 2.40. The molecule has 11 heteroatoms. The Labute approximate surface area is 206 Å². The number of halogens is 3. The van der Waals surface area contributed by atoms with Crippen LogP contribution in [0.25, 0.3) is 22.2 Å². The van der Waals surface area contributed by atoms with E-state index >= 15 is 0 Å². The van der Waals surface area contributed by atoms with Gasteiger partial charge in [-0.3, -0.25) is 4.90 Å². The topological polar surface area (TPSA) is 78.8 Å². The Hall–Kier alpha value is -3.21. The van der Waals surface area contributed by atoms with Crippen molar-refractivity contribution in [2.45, 2.75) is 56.9 Å². The van der Waals surface area contributed by atoms with E-state index in [1.807, 2.05) is 24.3 Å². The summed E-state index contributed by atoms with van der Waals surface area (Å²) < 4.78 is 39.7. The number of nitrogens with one attached hydrogen (secondary N) is 1. The quantitative estimate of drug-likeness (QED) is 0.412. The van der Waals surface area contributed by atoms with Gasteiger partial charge in [0.2, 0.25) is 0 Å². The van der Waals surface area contributed by atoms with Crippen LogP contribution >= 0.6 is 0 Å². The highest BCUT2D eigenvalue weighted by molar-refractivity contribution is 5.83. The maximum absolute atomic E-state index is 12.9. The van der Waals surface area contributed by atoms with E-state index in [0.717, 1.165) is 35.1 Å². The van der Waals surface area contributed by atoms with Gasteiger partial charge in [-0.25, -0.2) is 19.9 Å². The molecule has 2 bridgehead atoms. The number of alkyl halides is 3. The maximum atomic E-state index is 12.9. The van der Waals surface area contributed by atoms with Gasteiger partial charge in [0.15, 0.2) is 17.0 Å². The average Bonchev–Trinajstić information content (AvgIpc) is 3.52. The molecule has 0 aliphatic carbocycles. The van der Waals surface area contributed by atoms with Crippen molar-refractivity contribution >= 4 is 28.0 Å². The van der Waals surface area contributed by atoms with Crippen LogP contribution in [0.5, 0.6) is 0 Å². The van der Waals surface area contributed by atoms with Crippen molar-refractivity contribution in [3.63, 3.8) is 0 Å². The van der Waals surface area contributed by atoms with Crippen LogP contribution in [0, 0.1) is 5.92 Å². The molecule has 2 unspecified atom stereocenters. The summed E-state index contributed by atoms with van der Waals surface area (Å²) in [5, 5.41) is 1.16. The van der Waals surface area contributed by atoms with Gasteiger partial charge in [0.1, 0.15) is 18.5 Å². The number of imidazole rings is 1. The number of fused-ring (bicyclic) bond motifs is 4. The van der Waals surface area contributed by atoms with Gasteiger partial charge in [-0.15, -0.1) is 0 Å². The van der Waals surface area contributed by atoms with Crippen LogP contribution in [-0.4, -0.2) is 72.8 Å². The molecular formula is C25H29F3N8. The molecule has 0 radical (unpaired) electrons. The second kappa shape index (κ2) is 9.02. The molecule has 6 heterocycles. The molecule has 1 N–H and O–H groups in total. The lowest BCUT2D eigenvalue weighted by molar-refractivity contribution is -0.140. The maximum Gasteiger partial charge on any atom is 0.406 e. The van der Waals surface area contributed by atoms with E-state index in [0.29, 0.717) is 29.3 Å². The number of hydrogen-bond donors (Lipinski definition) is 1. The summed E-state index contributed by atoms with van der Waals surface area (Å²) in [6.45, 7) is 0.505. The minimum Gasteiger partial charge on any atom is -0.356 e. The molecule has 4 aromatic heterocycles. The zero-order valence-electron chi connectivity index (χ0n) is 20.1. The Balaban J connectivity index is 1.09. The van der Waals surface area contributed by atoms with E-state index in [-0.39, 0.29) is 5.65 Å². The zero-order valence-corrected chi connectivity index (χ0v) is 20.1. The van der Waals surface area contributed by atoms with E-state index in [2.05, 4.69) is 42.0 Å². The fraction of sp³-hybridized carbons (Fsp3) is 0.520. The number of aromatic amines is 1. The van der Waals surface area contributed by atoms with Gasteiger partial charge in [-0.2, -0.15) is 13.2 Å². The van der Waals surface area contributed by atoms with E-state index in [9.17, 15) is 13.2 Å². The summed E-state index contributed by atoms with van der Waals surface area (Å²) in [7, 11) is 1.92. The van der Waals surface area contributed by atoms with Crippen LogP contribution in [0.3, 0.4) is 0 Å². The first-order valence-corrected chi connectivity index (χ1v) is 12.5. The number of H-pyrrole nitrogens is 1. The van der Waals surface area contributed by atoms with Gasteiger partial charge in [-0.05, 0) is 55.7 Å². The standard InChI is InChI=1S/C25H29F3N8/c1-34(23-21-24(32-14-31-23)35(15-33-21)13-25(26,27)28)6-7-36-19-2-3-20(36)11-16(10-19)8-17-9-18-4-5-29-22(18)30-12-17/h4-5,9,12,14-16,19-20H,2-3,6-8,10-11,13H2,1H3,(H,29,30). The minimum absolute atomic E-state index is 0.206. The second-order valence-corrected chi connectivity index (χ2v) is 10.2. The van der Waals surface area contributed by atoms with Gasteiger partial charge in [0, 0.05) is 50.0 Å². The number of aromatic nitrogens is 6. The molecule has 2 fully saturated rings. The largest absolute Gasteiger partial charge is 0.406 e. The van der Waals surface area contributed by atoms with Crippen molar-refractivity contribution in [3.05, 3.63) is 42.7 Å². The molecule has 36 heavy (non-hydrogen) atoms. The van der Waals surface area contributed by atoms with Crippen molar-refractivity contribution in [1.29, 1.82) is 0 Å². The number of anilines is 1. The van der Waals surface area contributed by atoms with Gasteiger partial charge in [0.25, 0.3) is 0 Å². The summed E-state index contributed by atoms with van der Waals surface area (Å²) in [6.07, 6.45) is 7.99. The molecule has 8 nitrogen and oxygen atoms in total. The van der Waals surface area contributed by atoms with Gasteiger partial charge < -0.3 is 14.5 Å². The Bertz CT molecular complexity index is 1350. The van der Waals surface area contributed by atoms with Gasteiger partial charge >= 0.3 is 6.18 Å². The van der Waals surface area contributed by atoms with Crippen molar-refractivity contribution in [2.75, 3.05) is 25.0 Å². The number of nitrogens with zero attached hydrogens (tertiary/aromatic N) is 7. The Morgan fingerprint density at radius 3 is 2.69 bits per heavy atom. The minimum atomic E-state index is -4.33. The number of hydrogen-bond acceptors (Lipinski definition) is 6. The fourth-order valence-corrected chi connectivity index (χ4v) is 6.18. The SMILES string of the molecule is CN(CCN1C2CCC1CC(Cc1cnc3[nH]ccc3c1)C2)c1ncnc2c1ncn2CC(F)(F)F. The van der Waals surface area contributed by atoms with Crippen molar-refractivity contribution < 1.29 is 13.2 Å². The average molecular weight is 499 g/mol. The van der Waals surface area contributed by atoms with Crippen LogP contribution in [0.4, 0.5) is 19.0 Å². The third kappa shape index (κ3) is 4.52. The first-order valence-electron chi connectivity index (χ1n) is 12.5. The second-order valence-electron chi connectivity index (χ2n) is 10.2. The van der Waals surface area contributed by atoms with Gasteiger partial charge in [-0.1, -0.05) is 0 Å². The molecule has 6 rings (SSSR count). The molecule has 4 aromatic rings. The number of likely N-dealkylation sites (N-methyl/N-ethyl adjacent to an activating group) is 1. The molecule has 0 aromatic carbocycles. The first-order chi connectivity index (χ1) is 17.3. The molecule has 2 atom stereocenters. The highest BCUT2D eigenvalue weighted by Gasteiger charge is 2.40. The summed E-state index contributed by atoms with van der Waals surface area (Å²) in [4.78, 5) is 24.9. The lowest BCUT2D eigenvalue weighted by Crippen LogP contribution is -2.46. The van der Waals surface area contributed by atoms with E-state index in [1.54, 1.807) is 0 Å². The van der Waals surface area contributed by atoms with Gasteiger partial charge in [0.05, 0.1) is 6.33 Å². The predicted molar refractivity (Wildman–Crippen MR) is 131 cm³/mol. The molecule has 2 saturated heterocycles. The van der Waals surface area contributed by atoms with Crippen molar-refractivity contribution in [3.8, 4) is 0 Å². The van der Waals surface area contributed by atoms with Crippen LogP contribution in [0.1, 0.15) is 31.2 Å². The first kappa shape index (κ1) is 23.2. The van der Waals surface area contributed by atoms with Crippen LogP contribution in [-0.2, 0) is 13.0 Å². The third-order valence-corrected chi connectivity index (χ3v) is 7.75. The molecule has 2 aliphatic heterocycles. The fourth-order valence-electron chi connectivity index (χ4n) is 6.18. The molecule has 190 valence electrons. The lowest BCUT2D eigenvalue weighted by atomic mass is 9.86. The van der Waals surface area contributed by atoms with Crippen molar-refractivity contribution in [1.82, 2.24) is 34.4 Å². The lowest BCUT2D eigenvalue weighted by Gasteiger charge is -2.39.